The van der Waals surface area contributed by atoms with E-state index in [1.54, 1.807) is 0 Å². The minimum Gasteiger partial charge on any atom is -0.481 e. The van der Waals surface area contributed by atoms with Crippen molar-refractivity contribution in [2.45, 2.75) is 62.7 Å². The van der Waals surface area contributed by atoms with Gasteiger partial charge in [-0.1, -0.05) is 0 Å². The Morgan fingerprint density at radius 1 is 0.788 bits per heavy atom. The third kappa shape index (κ3) is 12.4. The van der Waals surface area contributed by atoms with Crippen LogP contribution in [0.5, 0.6) is 0 Å². The first kappa shape index (κ1) is 29.7. The molecule has 4 amide bonds. The summed E-state index contributed by atoms with van der Waals surface area (Å²) < 4.78 is 0. The molecular formula is C18H32N6O9. The van der Waals surface area contributed by atoms with Crippen molar-refractivity contribution >= 4 is 35.6 Å². The minimum atomic E-state index is -1.60. The van der Waals surface area contributed by atoms with E-state index in [1.807, 2.05) is 0 Å². The van der Waals surface area contributed by atoms with Crippen LogP contribution < -0.4 is 33.2 Å². The van der Waals surface area contributed by atoms with Gasteiger partial charge >= 0.3 is 11.9 Å². The summed E-state index contributed by atoms with van der Waals surface area (Å²) in [6.45, 7) is -0.583. The average Bonchev–Trinajstić information content (AvgIpc) is 2.72. The molecule has 0 saturated heterocycles. The molecule has 0 aromatic carbocycles. The number of carboxylic acids is 2. The van der Waals surface area contributed by atoms with Gasteiger partial charge in [-0.25, -0.2) is 4.79 Å². The largest absolute Gasteiger partial charge is 0.481 e. The normalized spacial score (nSPS) is 14.3. The summed E-state index contributed by atoms with van der Waals surface area (Å²) in [6, 6.07) is -5.79. The summed E-state index contributed by atoms with van der Waals surface area (Å²) in [5.41, 5.74) is 15.8. The summed E-state index contributed by atoms with van der Waals surface area (Å²) in [5.74, 6) is -6.45. The molecule has 0 fully saturated rings. The third-order valence-corrected chi connectivity index (χ3v) is 4.42. The molecule has 0 aliphatic carbocycles. The molecule has 0 heterocycles. The van der Waals surface area contributed by atoms with Gasteiger partial charge in [-0.15, -0.1) is 0 Å². The van der Waals surface area contributed by atoms with Gasteiger partial charge in [-0.2, -0.15) is 0 Å². The number of aliphatic hydroxyl groups excluding tert-OH is 1. The fraction of sp³-hybridized carbons (Fsp3) is 0.667. The Hall–Kier alpha value is -3.30. The first-order chi connectivity index (χ1) is 15.4. The quantitative estimate of drug-likeness (QED) is 0.0905. The molecule has 0 aliphatic heterocycles. The fourth-order valence-electron chi connectivity index (χ4n) is 2.60. The van der Waals surface area contributed by atoms with E-state index < -0.39 is 72.8 Å². The standard InChI is InChI=1S/C18H32N6O9/c19-6-2-1-3-11(18(32)33)23-16(30)10(4-5-13(21)26)22-17(31)12(8-25)24-15(29)9(20)7-14(27)28/h9-12,25H,1-8,19-20H2,(H2,21,26)(H,22,31)(H,23,30)(H,24,29)(H,27,28)(H,32,33). The number of nitrogens with two attached hydrogens (primary N) is 3. The molecule has 0 spiro atoms. The van der Waals surface area contributed by atoms with Gasteiger partial charge in [0.25, 0.3) is 0 Å². The summed E-state index contributed by atoms with van der Waals surface area (Å²) in [7, 11) is 0. The molecule has 33 heavy (non-hydrogen) atoms. The Morgan fingerprint density at radius 2 is 1.33 bits per heavy atom. The Balaban J connectivity index is 5.30. The highest BCUT2D eigenvalue weighted by Gasteiger charge is 2.30. The Morgan fingerprint density at radius 3 is 1.82 bits per heavy atom. The monoisotopic (exact) mass is 476 g/mol. The van der Waals surface area contributed by atoms with Crippen LogP contribution in [0.4, 0.5) is 0 Å². The Kier molecular flexibility index (Phi) is 13.9. The SMILES string of the molecule is NCCCCC(NC(=O)C(CCC(N)=O)NC(=O)C(CO)NC(=O)C(N)CC(=O)O)C(=O)O. The molecule has 0 rings (SSSR count). The van der Waals surface area contributed by atoms with E-state index in [0.29, 0.717) is 19.4 Å². The molecule has 4 atom stereocenters. The number of primary amides is 1. The number of carbonyl (C=O) groups is 6. The molecule has 0 aliphatic rings. The van der Waals surface area contributed by atoms with Gasteiger partial charge in [0, 0.05) is 6.42 Å². The Labute approximate surface area is 189 Å². The first-order valence-electron chi connectivity index (χ1n) is 10.1. The number of rotatable bonds is 17. The molecule has 188 valence electrons. The van der Waals surface area contributed by atoms with Crippen LogP contribution in [0.3, 0.4) is 0 Å². The zero-order chi connectivity index (χ0) is 25.6. The Bertz CT molecular complexity index is 718. The van der Waals surface area contributed by atoms with E-state index in [9.17, 15) is 39.0 Å². The smallest absolute Gasteiger partial charge is 0.326 e. The first-order valence-corrected chi connectivity index (χ1v) is 10.1. The number of nitrogens with one attached hydrogen (secondary N) is 3. The zero-order valence-corrected chi connectivity index (χ0v) is 18.0. The van der Waals surface area contributed by atoms with Crippen molar-refractivity contribution in [3.63, 3.8) is 0 Å². The van der Waals surface area contributed by atoms with Crippen molar-refractivity contribution in [3.8, 4) is 0 Å². The van der Waals surface area contributed by atoms with Crippen molar-refractivity contribution in [2.75, 3.05) is 13.2 Å². The molecule has 15 heteroatoms. The lowest BCUT2D eigenvalue weighted by molar-refractivity contribution is -0.142. The maximum atomic E-state index is 12.6. The van der Waals surface area contributed by atoms with E-state index >= 15 is 0 Å². The number of hydrogen-bond donors (Lipinski definition) is 9. The highest BCUT2D eigenvalue weighted by Crippen LogP contribution is 2.05. The second-order valence-electron chi connectivity index (χ2n) is 7.20. The van der Waals surface area contributed by atoms with Crippen molar-refractivity contribution in [1.82, 2.24) is 16.0 Å². The van der Waals surface area contributed by atoms with Gasteiger partial charge in [0.1, 0.15) is 18.1 Å². The van der Waals surface area contributed by atoms with E-state index in [1.165, 1.54) is 0 Å². The third-order valence-electron chi connectivity index (χ3n) is 4.42. The molecule has 0 bridgehead atoms. The van der Waals surface area contributed by atoms with Crippen molar-refractivity contribution < 1.29 is 44.1 Å². The van der Waals surface area contributed by atoms with Gasteiger partial charge < -0.3 is 48.5 Å². The van der Waals surface area contributed by atoms with Crippen LogP contribution in [0.25, 0.3) is 0 Å². The van der Waals surface area contributed by atoms with Crippen LogP contribution in [0.2, 0.25) is 0 Å². The van der Waals surface area contributed by atoms with Gasteiger partial charge in [-0.3, -0.25) is 24.0 Å². The van der Waals surface area contributed by atoms with Crippen LogP contribution in [0.15, 0.2) is 0 Å². The number of carbonyl (C=O) groups excluding carboxylic acids is 4. The fourth-order valence-corrected chi connectivity index (χ4v) is 2.60. The number of hydrogen-bond acceptors (Lipinski definition) is 9. The topological polar surface area (TPSA) is 277 Å². The maximum absolute atomic E-state index is 12.6. The van der Waals surface area contributed by atoms with Crippen LogP contribution in [-0.4, -0.2) is 88.2 Å². The van der Waals surface area contributed by atoms with Crippen LogP contribution in [0, 0.1) is 0 Å². The van der Waals surface area contributed by atoms with E-state index in [2.05, 4.69) is 16.0 Å². The van der Waals surface area contributed by atoms with Crippen molar-refractivity contribution in [2.24, 2.45) is 17.2 Å². The molecule has 0 aromatic heterocycles. The van der Waals surface area contributed by atoms with Crippen LogP contribution in [0.1, 0.15) is 38.5 Å². The molecule has 15 nitrogen and oxygen atoms in total. The predicted octanol–water partition coefficient (Wildman–Crippen LogP) is -4.29. The summed E-state index contributed by atoms with van der Waals surface area (Å²) in [6.07, 6.45) is -0.318. The molecule has 0 saturated carbocycles. The van der Waals surface area contributed by atoms with E-state index in [0.717, 1.165) is 0 Å². The van der Waals surface area contributed by atoms with Gasteiger partial charge in [-0.05, 0) is 32.2 Å². The number of unbranched alkanes of at least 4 members (excludes halogenated alkanes) is 1. The van der Waals surface area contributed by atoms with Crippen molar-refractivity contribution in [3.05, 3.63) is 0 Å². The second-order valence-corrected chi connectivity index (χ2v) is 7.20. The number of aliphatic hydroxyl groups is 1. The van der Waals surface area contributed by atoms with Crippen LogP contribution in [-0.2, 0) is 28.8 Å². The number of aliphatic carboxylic acids is 2. The zero-order valence-electron chi connectivity index (χ0n) is 18.0. The molecular weight excluding hydrogens is 444 g/mol. The highest BCUT2D eigenvalue weighted by atomic mass is 16.4. The van der Waals surface area contributed by atoms with Crippen molar-refractivity contribution in [1.29, 1.82) is 0 Å². The lowest BCUT2D eigenvalue weighted by Gasteiger charge is -2.24. The lowest BCUT2D eigenvalue weighted by Crippen LogP contribution is -2.58. The minimum absolute atomic E-state index is 0.0749. The molecule has 12 N–H and O–H groups in total. The number of carboxylic acid groups (broad SMARTS) is 2. The lowest BCUT2D eigenvalue weighted by atomic mass is 10.1. The van der Waals surface area contributed by atoms with Crippen LogP contribution >= 0.6 is 0 Å². The summed E-state index contributed by atoms with van der Waals surface area (Å²) in [4.78, 5) is 70.2. The van der Waals surface area contributed by atoms with Gasteiger partial charge in [0.05, 0.1) is 19.1 Å². The van der Waals surface area contributed by atoms with Gasteiger partial charge in [0.15, 0.2) is 0 Å². The average molecular weight is 476 g/mol. The van der Waals surface area contributed by atoms with E-state index in [4.69, 9.17) is 22.3 Å². The molecule has 4 unspecified atom stereocenters. The second kappa shape index (κ2) is 15.5. The molecule has 0 aromatic rings. The highest BCUT2D eigenvalue weighted by molar-refractivity contribution is 5.95. The summed E-state index contributed by atoms with van der Waals surface area (Å²) in [5, 5.41) is 33.9. The molecule has 0 radical (unpaired) electrons. The van der Waals surface area contributed by atoms with E-state index in [-0.39, 0.29) is 19.3 Å². The number of amides is 4. The summed E-state index contributed by atoms with van der Waals surface area (Å²) >= 11 is 0. The predicted molar refractivity (Wildman–Crippen MR) is 112 cm³/mol. The maximum Gasteiger partial charge on any atom is 0.326 e. The van der Waals surface area contributed by atoms with Gasteiger partial charge in [0.2, 0.25) is 23.6 Å².